The Hall–Kier alpha value is -3.09. The van der Waals surface area contributed by atoms with E-state index in [1.807, 2.05) is 0 Å². The molecule has 0 bridgehead atoms. The minimum absolute atomic E-state index is 0.112. The van der Waals surface area contributed by atoms with E-state index in [9.17, 15) is 14.9 Å². The highest BCUT2D eigenvalue weighted by molar-refractivity contribution is 6.05. The number of nitro groups is 1. The number of nitro benzene ring substituents is 1. The zero-order chi connectivity index (χ0) is 18.9. The fourth-order valence-corrected chi connectivity index (χ4v) is 2.28. The van der Waals surface area contributed by atoms with E-state index in [2.05, 4.69) is 12.2 Å². The van der Waals surface area contributed by atoms with Gasteiger partial charge in [-0.25, -0.2) is 0 Å². The summed E-state index contributed by atoms with van der Waals surface area (Å²) in [5.74, 6) is 0.522. The number of carbonyl (C=O) groups excluding carboxylic acids is 1. The van der Waals surface area contributed by atoms with Crippen LogP contribution in [-0.2, 0) is 0 Å². The summed E-state index contributed by atoms with van der Waals surface area (Å²) in [6.45, 7) is 4.83. The van der Waals surface area contributed by atoms with Gasteiger partial charge in [0, 0.05) is 5.56 Å². The third-order valence-electron chi connectivity index (χ3n) is 3.59. The summed E-state index contributed by atoms with van der Waals surface area (Å²) < 4.78 is 10.9. The lowest BCUT2D eigenvalue weighted by molar-refractivity contribution is -0.384. The van der Waals surface area contributed by atoms with Gasteiger partial charge >= 0.3 is 0 Å². The van der Waals surface area contributed by atoms with Gasteiger partial charge in [0.2, 0.25) is 0 Å². The molecular formula is C19H22N2O5. The number of amides is 1. The van der Waals surface area contributed by atoms with Crippen LogP contribution in [-0.4, -0.2) is 24.0 Å². The first-order valence-corrected chi connectivity index (χ1v) is 8.50. The summed E-state index contributed by atoms with van der Waals surface area (Å²) in [5.41, 5.74) is 0.252. The monoisotopic (exact) mass is 358 g/mol. The maximum atomic E-state index is 12.5. The third kappa shape index (κ3) is 5.20. The second-order valence-corrected chi connectivity index (χ2v) is 5.55. The van der Waals surface area contributed by atoms with Gasteiger partial charge in [0.25, 0.3) is 11.6 Å². The molecule has 2 aromatic rings. The van der Waals surface area contributed by atoms with Gasteiger partial charge in [-0.15, -0.1) is 0 Å². The largest absolute Gasteiger partial charge is 0.494 e. The molecule has 0 heterocycles. The van der Waals surface area contributed by atoms with Gasteiger partial charge in [0.05, 0.1) is 24.2 Å². The van der Waals surface area contributed by atoms with Crippen molar-refractivity contribution in [3.63, 3.8) is 0 Å². The molecule has 0 aromatic heterocycles. The third-order valence-corrected chi connectivity index (χ3v) is 3.59. The van der Waals surface area contributed by atoms with E-state index in [1.54, 1.807) is 37.3 Å². The van der Waals surface area contributed by atoms with E-state index >= 15 is 0 Å². The molecule has 7 nitrogen and oxygen atoms in total. The SMILES string of the molecule is CCCCOc1cccc(C(=O)Nc2ccc(OCC)cc2[N+](=O)[O-])c1. The molecule has 0 saturated carbocycles. The number of nitrogens with zero attached hydrogens (tertiary/aromatic N) is 1. The number of carbonyl (C=O) groups is 1. The van der Waals surface area contributed by atoms with Crippen LogP contribution in [0.1, 0.15) is 37.0 Å². The van der Waals surface area contributed by atoms with Gasteiger partial charge in [-0.3, -0.25) is 14.9 Å². The number of nitrogens with one attached hydrogen (secondary N) is 1. The summed E-state index contributed by atoms with van der Waals surface area (Å²) in [6, 6.07) is 11.1. The number of unbranched alkanes of at least 4 members (excludes halogenated alkanes) is 1. The predicted molar refractivity (Wildman–Crippen MR) is 99.1 cm³/mol. The minimum atomic E-state index is -0.553. The van der Waals surface area contributed by atoms with Gasteiger partial charge in [-0.1, -0.05) is 19.4 Å². The highest BCUT2D eigenvalue weighted by Gasteiger charge is 2.18. The summed E-state index contributed by atoms with van der Waals surface area (Å²) in [4.78, 5) is 23.2. The first-order valence-electron chi connectivity index (χ1n) is 8.50. The Morgan fingerprint density at radius 2 is 1.88 bits per heavy atom. The van der Waals surface area contributed by atoms with Crippen LogP contribution in [0.15, 0.2) is 42.5 Å². The number of hydrogen-bond donors (Lipinski definition) is 1. The summed E-state index contributed by atoms with van der Waals surface area (Å²) >= 11 is 0. The second-order valence-electron chi connectivity index (χ2n) is 5.55. The average molecular weight is 358 g/mol. The molecule has 1 amide bonds. The Kier molecular flexibility index (Phi) is 6.96. The Morgan fingerprint density at radius 3 is 2.58 bits per heavy atom. The van der Waals surface area contributed by atoms with Gasteiger partial charge in [0.1, 0.15) is 17.2 Å². The molecule has 1 N–H and O–H groups in total. The van der Waals surface area contributed by atoms with Gasteiger partial charge in [-0.05, 0) is 43.7 Å². The molecule has 138 valence electrons. The van der Waals surface area contributed by atoms with E-state index in [4.69, 9.17) is 9.47 Å². The lowest BCUT2D eigenvalue weighted by Crippen LogP contribution is -2.13. The fraction of sp³-hybridized carbons (Fsp3) is 0.316. The number of hydrogen-bond acceptors (Lipinski definition) is 5. The van der Waals surface area contributed by atoms with E-state index in [1.165, 1.54) is 12.1 Å². The summed E-state index contributed by atoms with van der Waals surface area (Å²) in [5, 5.41) is 13.9. The molecule has 0 saturated heterocycles. The molecule has 2 aromatic carbocycles. The molecular weight excluding hydrogens is 336 g/mol. The maximum Gasteiger partial charge on any atom is 0.296 e. The first kappa shape index (κ1) is 19.2. The van der Waals surface area contributed by atoms with Crippen molar-refractivity contribution >= 4 is 17.3 Å². The Labute approximate surface area is 152 Å². The molecule has 0 aliphatic rings. The molecule has 0 aliphatic carbocycles. The normalized spacial score (nSPS) is 10.2. The molecule has 0 unspecified atom stereocenters. The van der Waals surface area contributed by atoms with Crippen molar-refractivity contribution in [3.05, 3.63) is 58.1 Å². The smallest absolute Gasteiger partial charge is 0.296 e. The quantitative estimate of drug-likeness (QED) is 0.407. The van der Waals surface area contributed by atoms with Crippen LogP contribution >= 0.6 is 0 Å². The van der Waals surface area contributed by atoms with Crippen molar-refractivity contribution in [2.45, 2.75) is 26.7 Å². The highest BCUT2D eigenvalue weighted by Crippen LogP contribution is 2.29. The van der Waals surface area contributed by atoms with Gasteiger partial charge in [-0.2, -0.15) is 0 Å². The van der Waals surface area contributed by atoms with Crippen LogP contribution in [0, 0.1) is 10.1 Å². The highest BCUT2D eigenvalue weighted by atomic mass is 16.6. The zero-order valence-electron chi connectivity index (χ0n) is 14.9. The molecule has 2 rings (SSSR count). The number of ether oxygens (including phenoxy) is 2. The topological polar surface area (TPSA) is 90.7 Å². The van der Waals surface area contributed by atoms with Crippen LogP contribution in [0.2, 0.25) is 0 Å². The van der Waals surface area contributed by atoms with Crippen molar-refractivity contribution in [2.24, 2.45) is 0 Å². The van der Waals surface area contributed by atoms with Crippen LogP contribution < -0.4 is 14.8 Å². The zero-order valence-corrected chi connectivity index (χ0v) is 14.9. The number of rotatable bonds is 9. The van der Waals surface area contributed by atoms with Crippen molar-refractivity contribution in [1.82, 2.24) is 0 Å². The average Bonchev–Trinajstić information content (AvgIpc) is 2.63. The lowest BCUT2D eigenvalue weighted by Gasteiger charge is -2.10. The Bertz CT molecular complexity index is 776. The fourth-order valence-electron chi connectivity index (χ4n) is 2.28. The van der Waals surface area contributed by atoms with Gasteiger partial charge < -0.3 is 14.8 Å². The van der Waals surface area contributed by atoms with E-state index < -0.39 is 10.8 Å². The van der Waals surface area contributed by atoms with Crippen molar-refractivity contribution in [2.75, 3.05) is 18.5 Å². The van der Waals surface area contributed by atoms with Crippen molar-refractivity contribution < 1.29 is 19.2 Å². The second kappa shape index (κ2) is 9.41. The molecule has 26 heavy (non-hydrogen) atoms. The standard InChI is InChI=1S/C19H22N2O5/c1-3-5-11-26-15-8-6-7-14(12-15)19(22)20-17-10-9-16(25-4-2)13-18(17)21(23)24/h6-10,12-13H,3-5,11H2,1-2H3,(H,20,22). The van der Waals surface area contributed by atoms with Crippen molar-refractivity contribution in [3.8, 4) is 11.5 Å². The number of benzene rings is 2. The minimum Gasteiger partial charge on any atom is -0.494 e. The summed E-state index contributed by atoms with van der Waals surface area (Å²) in [7, 11) is 0. The van der Waals surface area contributed by atoms with Crippen LogP contribution in [0.4, 0.5) is 11.4 Å². The molecule has 0 aliphatic heterocycles. The van der Waals surface area contributed by atoms with E-state index in [-0.39, 0.29) is 11.4 Å². The first-order chi connectivity index (χ1) is 12.5. The number of anilines is 1. The van der Waals surface area contributed by atoms with Crippen LogP contribution in [0.25, 0.3) is 0 Å². The lowest BCUT2D eigenvalue weighted by atomic mass is 10.2. The van der Waals surface area contributed by atoms with E-state index in [0.717, 1.165) is 12.8 Å². The Balaban J connectivity index is 2.16. The van der Waals surface area contributed by atoms with Crippen molar-refractivity contribution in [1.29, 1.82) is 0 Å². The Morgan fingerprint density at radius 1 is 1.12 bits per heavy atom. The molecule has 0 atom stereocenters. The molecule has 0 fully saturated rings. The van der Waals surface area contributed by atoms with Gasteiger partial charge in [0.15, 0.2) is 0 Å². The molecule has 0 spiro atoms. The maximum absolute atomic E-state index is 12.5. The summed E-state index contributed by atoms with van der Waals surface area (Å²) in [6.07, 6.45) is 1.94. The molecule has 0 radical (unpaired) electrons. The molecule has 7 heteroatoms. The van der Waals surface area contributed by atoms with E-state index in [0.29, 0.717) is 30.3 Å². The van der Waals surface area contributed by atoms with Crippen LogP contribution in [0.3, 0.4) is 0 Å². The van der Waals surface area contributed by atoms with Crippen LogP contribution in [0.5, 0.6) is 11.5 Å². The predicted octanol–water partition coefficient (Wildman–Crippen LogP) is 4.42.